The zero-order chi connectivity index (χ0) is 67.3. The van der Waals surface area contributed by atoms with Gasteiger partial charge in [-0.2, -0.15) is 0 Å². The van der Waals surface area contributed by atoms with Gasteiger partial charge >= 0.3 is 0 Å². The zero-order valence-corrected chi connectivity index (χ0v) is 54.9. The normalized spacial score (nSPS) is 16.1. The fraction of sp³-hybridized carbons (Fsp3) is 0.0455. The molecule has 482 valence electrons. The van der Waals surface area contributed by atoms with Crippen molar-refractivity contribution in [3.63, 3.8) is 0 Å². The van der Waals surface area contributed by atoms with Gasteiger partial charge in [0.15, 0.2) is 0 Å². The Hall–Kier alpha value is -12.7. The van der Waals surface area contributed by atoms with Gasteiger partial charge in [-0.15, -0.1) is 0 Å². The van der Waals surface area contributed by atoms with E-state index in [0.717, 1.165) is 124 Å². The van der Waals surface area contributed by atoms with Crippen LogP contribution in [0.3, 0.4) is 0 Å². The summed E-state index contributed by atoms with van der Waals surface area (Å²) < 4.78 is 44.6. The van der Waals surface area contributed by atoms with Crippen molar-refractivity contribution >= 4 is 40.9 Å². The highest BCUT2D eigenvalue weighted by molar-refractivity contribution is 7.80. The maximum absolute atomic E-state index is 11.1. The minimum absolute atomic E-state index is 0.155. The van der Waals surface area contributed by atoms with Gasteiger partial charge in [-0.1, -0.05) is 212 Å². The third kappa shape index (κ3) is 8.75. The topological polar surface area (TPSA) is 163 Å². The molecule has 100 heavy (non-hydrogen) atoms. The minimum atomic E-state index is -0.955. The third-order valence-corrected chi connectivity index (χ3v) is 22.5. The van der Waals surface area contributed by atoms with Crippen molar-refractivity contribution in [2.24, 2.45) is 0 Å². The highest BCUT2D eigenvalue weighted by atomic mass is 31.1. The van der Waals surface area contributed by atoms with Crippen molar-refractivity contribution in [3.05, 3.63) is 382 Å². The first kappa shape index (κ1) is 59.8. The standard InChI is InChI=1S/C38H27O3P.C25H18N2O2.C25H17NO3/c1-39-32-22-12-23-33-36(32)38(28-18-8-10-20-30(28)40-33)29-19-9-11-21-31(29)41-34-24-13-25-35(37(34)38)42(26-14-4-2-5-15-26)27-16-6-3-7-17-27;2*26-17-9-5-13-21-23(17)25(15-7-1-3-11-19(15)28-21)16-8-2-4-12-20(16)29-22-14-6-10-18(27)24(22)25/h2-25H,1H3;1-14H,26-27H2;1-14,27H,26H2/t38-;;25-/m0.0/s1. The first-order valence-corrected chi connectivity index (χ1v) is 34.4. The molecular formula is C88H62N3O8P. The lowest BCUT2D eigenvalue weighted by molar-refractivity contribution is 0.369. The molecule has 6 aliphatic heterocycles. The number of ether oxygens (including phenoxy) is 7. The van der Waals surface area contributed by atoms with E-state index in [1.165, 1.54) is 15.9 Å². The molecule has 0 saturated carbocycles. The largest absolute Gasteiger partial charge is 0.507 e. The van der Waals surface area contributed by atoms with Gasteiger partial charge in [0.2, 0.25) is 0 Å². The molecule has 14 aromatic rings. The predicted molar refractivity (Wildman–Crippen MR) is 395 cm³/mol. The summed E-state index contributed by atoms with van der Waals surface area (Å²) in [5.41, 5.74) is 30.7. The number of phenols is 1. The molecule has 0 radical (unpaired) electrons. The van der Waals surface area contributed by atoms with Crippen LogP contribution in [0.2, 0.25) is 0 Å². The Balaban J connectivity index is 0.000000111. The molecule has 6 heterocycles. The highest BCUT2D eigenvalue weighted by Gasteiger charge is 2.57. The maximum Gasteiger partial charge on any atom is 0.135 e. The summed E-state index contributed by atoms with van der Waals surface area (Å²) in [6.07, 6.45) is 0. The molecule has 0 unspecified atom stereocenters. The Kier molecular flexibility index (Phi) is 14.1. The summed E-state index contributed by atoms with van der Waals surface area (Å²) in [5, 5.41) is 14.9. The number of hydrogen-bond donors (Lipinski definition) is 4. The molecule has 12 heteroatoms. The van der Waals surface area contributed by atoms with E-state index in [9.17, 15) is 5.11 Å². The van der Waals surface area contributed by atoms with Gasteiger partial charge in [0, 0.05) is 72.7 Å². The maximum atomic E-state index is 11.1. The molecule has 0 amide bonds. The molecule has 0 bridgehead atoms. The van der Waals surface area contributed by atoms with Crippen LogP contribution in [0, 0.1) is 0 Å². The lowest BCUT2D eigenvalue weighted by Gasteiger charge is -2.46. The third-order valence-electron chi connectivity index (χ3n) is 20.0. The summed E-state index contributed by atoms with van der Waals surface area (Å²) in [6, 6.07) is 106. The van der Waals surface area contributed by atoms with E-state index in [-0.39, 0.29) is 5.75 Å². The van der Waals surface area contributed by atoms with Crippen LogP contribution in [-0.2, 0) is 16.2 Å². The Morgan fingerprint density at radius 3 is 0.880 bits per heavy atom. The number of hydrogen-bond acceptors (Lipinski definition) is 11. The monoisotopic (exact) mass is 1320 g/mol. The predicted octanol–water partition coefficient (Wildman–Crippen LogP) is 19.1. The number of benzene rings is 14. The van der Waals surface area contributed by atoms with Gasteiger partial charge in [-0.25, -0.2) is 0 Å². The molecular weight excluding hydrogens is 1260 g/mol. The second kappa shape index (κ2) is 23.6. The lowest BCUT2D eigenvalue weighted by Crippen LogP contribution is -2.41. The Bertz CT molecular complexity index is 5120. The summed E-state index contributed by atoms with van der Waals surface area (Å²) in [7, 11) is 0.784. The number of phenolic OH excluding ortho intramolecular Hbond substituents is 1. The highest BCUT2D eigenvalue weighted by Crippen LogP contribution is 2.68. The molecule has 20 rings (SSSR count). The minimum Gasteiger partial charge on any atom is -0.507 e. The van der Waals surface area contributed by atoms with Crippen molar-refractivity contribution in [2.45, 2.75) is 16.2 Å². The summed E-state index contributed by atoms with van der Waals surface area (Å²) in [4.78, 5) is 0. The van der Waals surface area contributed by atoms with Gasteiger partial charge < -0.3 is 55.5 Å². The van der Waals surface area contributed by atoms with Crippen molar-refractivity contribution in [2.75, 3.05) is 24.3 Å². The van der Waals surface area contributed by atoms with Crippen LogP contribution in [0.1, 0.15) is 66.8 Å². The van der Waals surface area contributed by atoms with Crippen LogP contribution >= 0.6 is 7.92 Å². The Morgan fingerprint density at radius 2 is 0.520 bits per heavy atom. The van der Waals surface area contributed by atoms with E-state index in [1.54, 1.807) is 19.2 Å². The van der Waals surface area contributed by atoms with E-state index >= 15 is 0 Å². The van der Waals surface area contributed by atoms with Crippen molar-refractivity contribution in [1.29, 1.82) is 0 Å². The molecule has 0 aromatic heterocycles. The van der Waals surface area contributed by atoms with Crippen LogP contribution in [0.15, 0.2) is 315 Å². The van der Waals surface area contributed by atoms with E-state index < -0.39 is 24.2 Å². The number of rotatable bonds is 4. The number of nitrogen functional groups attached to an aromatic ring is 3. The summed E-state index contributed by atoms with van der Waals surface area (Å²) in [6.45, 7) is 0. The first-order valence-electron chi connectivity index (χ1n) is 33.1. The average Bonchev–Trinajstić information content (AvgIpc) is 0.696. The Labute approximate surface area is 579 Å². The fourth-order valence-corrected chi connectivity index (χ4v) is 18.8. The summed E-state index contributed by atoms with van der Waals surface area (Å²) >= 11 is 0. The average molecular weight is 1320 g/mol. The number of aromatic hydroxyl groups is 1. The SMILES string of the molecule is COc1cccc2c1[C@]1(c3ccccc3O2)c2ccccc2Oc2cccc(P(c3ccccc3)c3ccccc3)c21.Nc1cccc2c1C1(c3ccccc3O2)c2ccccc2Oc2cccc(N)c21.Nc1cccc2c1[C@]1(c3ccccc3O2)c2ccccc2Oc2cccc(O)c21. The first-order chi connectivity index (χ1) is 49.2. The van der Waals surface area contributed by atoms with Gasteiger partial charge in [0.1, 0.15) is 80.5 Å². The van der Waals surface area contributed by atoms with E-state index in [2.05, 4.69) is 127 Å². The van der Waals surface area contributed by atoms with Crippen molar-refractivity contribution in [1.82, 2.24) is 0 Å². The molecule has 14 aromatic carbocycles. The summed E-state index contributed by atoms with van der Waals surface area (Å²) in [5.74, 6) is 10.0. The van der Waals surface area contributed by atoms with Gasteiger partial charge in [-0.3, -0.25) is 0 Å². The van der Waals surface area contributed by atoms with Crippen LogP contribution < -0.4 is 66.3 Å². The zero-order valence-electron chi connectivity index (χ0n) is 54.0. The van der Waals surface area contributed by atoms with E-state index in [4.69, 9.17) is 50.4 Å². The number of anilines is 3. The van der Waals surface area contributed by atoms with Crippen LogP contribution in [-0.4, -0.2) is 12.2 Å². The van der Waals surface area contributed by atoms with Crippen LogP contribution in [0.4, 0.5) is 17.1 Å². The van der Waals surface area contributed by atoms with Crippen molar-refractivity contribution in [3.8, 4) is 80.5 Å². The second-order valence-electron chi connectivity index (χ2n) is 25.1. The van der Waals surface area contributed by atoms with Gasteiger partial charge in [-0.05, 0) is 127 Å². The molecule has 7 N–H and O–H groups in total. The smallest absolute Gasteiger partial charge is 0.135 e. The quantitative estimate of drug-likeness (QED) is 0.0980. The molecule has 0 saturated heterocycles. The van der Waals surface area contributed by atoms with Crippen LogP contribution in [0.25, 0.3) is 0 Å². The lowest BCUT2D eigenvalue weighted by atomic mass is 9.61. The van der Waals surface area contributed by atoms with E-state index in [0.29, 0.717) is 34.1 Å². The van der Waals surface area contributed by atoms with E-state index in [1.807, 2.05) is 176 Å². The van der Waals surface area contributed by atoms with Gasteiger partial charge in [0.05, 0.1) is 34.5 Å². The molecule has 2 atom stereocenters. The Morgan fingerprint density at radius 1 is 0.260 bits per heavy atom. The van der Waals surface area contributed by atoms with Crippen molar-refractivity contribution < 1.29 is 38.3 Å². The molecule has 3 spiro atoms. The molecule has 11 nitrogen and oxygen atoms in total. The van der Waals surface area contributed by atoms with Crippen LogP contribution in [0.5, 0.6) is 80.5 Å². The number of para-hydroxylation sites is 6. The molecule has 0 fully saturated rings. The number of nitrogens with two attached hydrogens (primary N) is 3. The second-order valence-corrected chi connectivity index (χ2v) is 27.3. The number of methoxy groups -OCH3 is 1. The fourth-order valence-electron chi connectivity index (χ4n) is 16.3. The number of fused-ring (bicyclic) bond motifs is 24. The molecule has 0 aliphatic carbocycles. The van der Waals surface area contributed by atoms with Gasteiger partial charge in [0.25, 0.3) is 0 Å². The molecule has 6 aliphatic rings.